The van der Waals surface area contributed by atoms with Gasteiger partial charge in [0.1, 0.15) is 5.00 Å². The summed E-state index contributed by atoms with van der Waals surface area (Å²) in [7, 11) is 1.52. The van der Waals surface area contributed by atoms with E-state index >= 15 is 0 Å². The lowest BCUT2D eigenvalue weighted by Gasteiger charge is -2.23. The van der Waals surface area contributed by atoms with Crippen LogP contribution in [-0.2, 0) is 12.8 Å². The van der Waals surface area contributed by atoms with Gasteiger partial charge in [0.05, 0.1) is 12.7 Å². The van der Waals surface area contributed by atoms with E-state index in [2.05, 4.69) is 10.3 Å². The molecule has 4 rings (SSSR count). The maximum Gasteiger partial charge on any atom is 0.254 e. The number of carbonyl (C=O) groups is 1. The number of nitrogens with one attached hydrogen (secondary N) is 1. The second-order valence-corrected chi connectivity index (χ2v) is 8.97. The summed E-state index contributed by atoms with van der Waals surface area (Å²) < 4.78 is 5.10. The molecule has 1 aromatic carbocycles. The van der Waals surface area contributed by atoms with Crippen LogP contribution >= 0.6 is 11.3 Å². The molecule has 1 amide bonds. The molecule has 0 unspecified atom stereocenters. The summed E-state index contributed by atoms with van der Waals surface area (Å²) in [5.41, 5.74) is 2.73. The monoisotopic (exact) mass is 412 g/mol. The van der Waals surface area contributed by atoms with E-state index in [4.69, 9.17) is 4.74 Å². The highest BCUT2D eigenvalue weighted by Gasteiger charge is 2.27. The van der Waals surface area contributed by atoms with Gasteiger partial charge in [-0.2, -0.15) is 0 Å². The Morgan fingerprint density at radius 3 is 2.76 bits per heavy atom. The summed E-state index contributed by atoms with van der Waals surface area (Å²) in [6, 6.07) is 5.47. The zero-order valence-electron chi connectivity index (χ0n) is 16.9. The summed E-state index contributed by atoms with van der Waals surface area (Å²) in [5.74, 6) is 0.541. The normalized spacial score (nSPS) is 17.3. The van der Waals surface area contributed by atoms with E-state index in [1.807, 2.05) is 6.07 Å². The van der Waals surface area contributed by atoms with Crippen molar-refractivity contribution in [2.75, 3.05) is 7.11 Å². The van der Waals surface area contributed by atoms with Crippen LogP contribution in [0.3, 0.4) is 0 Å². The van der Waals surface area contributed by atoms with E-state index in [0.29, 0.717) is 5.75 Å². The van der Waals surface area contributed by atoms with Crippen molar-refractivity contribution in [1.82, 2.24) is 5.32 Å². The quantitative estimate of drug-likeness (QED) is 0.667. The fourth-order valence-electron chi connectivity index (χ4n) is 4.30. The van der Waals surface area contributed by atoms with Gasteiger partial charge in [-0.05, 0) is 67.9 Å². The van der Waals surface area contributed by atoms with Crippen LogP contribution in [0.4, 0.5) is 5.00 Å². The Labute approximate surface area is 175 Å². The number of benzene rings is 1. The number of nitrogens with zero attached hydrogens (tertiary/aromatic N) is 1. The van der Waals surface area contributed by atoms with Gasteiger partial charge in [-0.1, -0.05) is 19.3 Å². The Balaban J connectivity index is 1.61. The third kappa shape index (κ3) is 4.47. The minimum absolute atomic E-state index is 0.0287. The first-order valence-corrected chi connectivity index (χ1v) is 11.3. The van der Waals surface area contributed by atoms with Gasteiger partial charge < -0.3 is 15.2 Å². The van der Waals surface area contributed by atoms with Crippen LogP contribution in [0, 0.1) is 0 Å². The van der Waals surface area contributed by atoms with Crippen LogP contribution in [-0.4, -0.2) is 30.4 Å². The Kier molecular flexibility index (Phi) is 6.19. The number of aromatic hydroxyl groups is 1. The molecule has 0 aliphatic heterocycles. The topological polar surface area (TPSA) is 70.9 Å². The molecular weight excluding hydrogens is 384 g/mol. The summed E-state index contributed by atoms with van der Waals surface area (Å²) >= 11 is 1.64. The van der Waals surface area contributed by atoms with Gasteiger partial charge in [0.15, 0.2) is 11.5 Å². The van der Waals surface area contributed by atoms with Gasteiger partial charge in [0, 0.05) is 17.1 Å². The fourth-order valence-corrected chi connectivity index (χ4v) is 5.53. The highest BCUT2D eigenvalue weighted by molar-refractivity contribution is 7.16. The number of methoxy groups -OCH3 is 1. The highest BCUT2D eigenvalue weighted by atomic mass is 32.1. The van der Waals surface area contributed by atoms with Crippen molar-refractivity contribution < 1.29 is 14.6 Å². The number of aryl methyl sites for hydroxylation is 1. The number of phenolic OH excluding ortho intramolecular Hbond substituents is 1. The minimum atomic E-state index is 0.0287. The standard InChI is InChI=1S/C23H28N2O3S/c1-28-19-12-11-15(13-18(19)26)14-24-23-21(17-9-5-6-10-20(17)29-23)22(27)25-16-7-3-2-4-8-16/h11-14,16,26H,2-10H2,1H3,(H,25,27)/b24-14-. The van der Waals surface area contributed by atoms with E-state index in [-0.39, 0.29) is 17.7 Å². The molecule has 6 heteroatoms. The van der Waals surface area contributed by atoms with Crippen molar-refractivity contribution in [2.24, 2.45) is 4.99 Å². The predicted molar refractivity (Wildman–Crippen MR) is 117 cm³/mol. The molecule has 2 aliphatic rings. The van der Waals surface area contributed by atoms with Crippen molar-refractivity contribution in [2.45, 2.75) is 63.8 Å². The summed E-state index contributed by atoms with van der Waals surface area (Å²) in [6.45, 7) is 0. The van der Waals surface area contributed by atoms with Gasteiger partial charge in [-0.25, -0.2) is 4.99 Å². The van der Waals surface area contributed by atoms with E-state index in [0.717, 1.165) is 48.2 Å². The summed E-state index contributed by atoms with van der Waals surface area (Å²) in [6.07, 6.45) is 11.8. The Morgan fingerprint density at radius 2 is 2.00 bits per heavy atom. The van der Waals surface area contributed by atoms with Gasteiger partial charge in [-0.3, -0.25) is 4.79 Å². The molecule has 2 aromatic rings. The van der Waals surface area contributed by atoms with Crippen LogP contribution in [0.2, 0.25) is 0 Å². The molecule has 0 spiro atoms. The van der Waals surface area contributed by atoms with E-state index in [1.54, 1.807) is 29.7 Å². The second kappa shape index (κ2) is 8.99. The van der Waals surface area contributed by atoms with Gasteiger partial charge in [0.2, 0.25) is 0 Å². The van der Waals surface area contributed by atoms with Crippen LogP contribution in [0.1, 0.15) is 71.3 Å². The van der Waals surface area contributed by atoms with Crippen LogP contribution in [0.5, 0.6) is 11.5 Å². The molecular formula is C23H28N2O3S. The number of phenols is 1. The molecule has 29 heavy (non-hydrogen) atoms. The largest absolute Gasteiger partial charge is 0.504 e. The fraction of sp³-hybridized carbons (Fsp3) is 0.478. The first kappa shape index (κ1) is 20.0. The maximum atomic E-state index is 13.2. The molecule has 0 bridgehead atoms. The van der Waals surface area contributed by atoms with E-state index < -0.39 is 0 Å². The SMILES string of the molecule is COc1ccc(/C=N\c2sc3c(c2C(=O)NC2CCCCC2)CCCC3)cc1O. The van der Waals surface area contributed by atoms with Crippen molar-refractivity contribution in [3.63, 3.8) is 0 Å². The van der Waals surface area contributed by atoms with Crippen molar-refractivity contribution in [1.29, 1.82) is 0 Å². The molecule has 5 nitrogen and oxygen atoms in total. The Bertz CT molecular complexity index is 913. The van der Waals surface area contributed by atoms with Crippen molar-refractivity contribution >= 4 is 28.5 Å². The lowest BCUT2D eigenvalue weighted by atomic mass is 9.93. The lowest BCUT2D eigenvalue weighted by Crippen LogP contribution is -2.36. The number of amides is 1. The number of hydrogen-bond acceptors (Lipinski definition) is 5. The molecule has 2 N–H and O–H groups in total. The molecule has 2 aliphatic carbocycles. The van der Waals surface area contributed by atoms with Crippen molar-refractivity contribution in [3.05, 3.63) is 39.8 Å². The zero-order chi connectivity index (χ0) is 20.2. The van der Waals surface area contributed by atoms with Crippen LogP contribution in [0.25, 0.3) is 0 Å². The highest BCUT2D eigenvalue weighted by Crippen LogP contribution is 2.40. The van der Waals surface area contributed by atoms with E-state index in [1.165, 1.54) is 43.2 Å². The average molecular weight is 413 g/mol. The number of fused-ring (bicyclic) bond motifs is 1. The first-order chi connectivity index (χ1) is 14.2. The Hall–Kier alpha value is -2.34. The zero-order valence-corrected chi connectivity index (χ0v) is 17.7. The molecule has 0 saturated heterocycles. The number of rotatable bonds is 5. The number of carbonyl (C=O) groups excluding carboxylic acids is 1. The third-order valence-corrected chi connectivity index (χ3v) is 7.05. The Morgan fingerprint density at radius 1 is 1.21 bits per heavy atom. The van der Waals surface area contributed by atoms with Gasteiger partial charge >= 0.3 is 0 Å². The lowest BCUT2D eigenvalue weighted by molar-refractivity contribution is 0.0927. The average Bonchev–Trinajstić information content (AvgIpc) is 3.11. The first-order valence-electron chi connectivity index (χ1n) is 10.5. The molecule has 0 atom stereocenters. The summed E-state index contributed by atoms with van der Waals surface area (Å²) in [5, 5.41) is 14.0. The summed E-state index contributed by atoms with van der Waals surface area (Å²) in [4.78, 5) is 19.2. The van der Waals surface area contributed by atoms with Crippen LogP contribution < -0.4 is 10.1 Å². The van der Waals surface area contributed by atoms with Gasteiger partial charge in [-0.15, -0.1) is 11.3 Å². The third-order valence-electron chi connectivity index (χ3n) is 5.85. The molecule has 0 radical (unpaired) electrons. The number of ether oxygens (including phenoxy) is 1. The molecule has 1 heterocycles. The number of thiophene rings is 1. The number of aliphatic imine (C=N–C) groups is 1. The minimum Gasteiger partial charge on any atom is -0.504 e. The molecule has 1 aromatic heterocycles. The second-order valence-electron chi connectivity index (χ2n) is 7.89. The predicted octanol–water partition coefficient (Wildman–Crippen LogP) is 5.15. The van der Waals surface area contributed by atoms with Crippen molar-refractivity contribution in [3.8, 4) is 11.5 Å². The smallest absolute Gasteiger partial charge is 0.254 e. The molecule has 1 saturated carbocycles. The maximum absolute atomic E-state index is 13.2. The number of hydrogen-bond donors (Lipinski definition) is 2. The van der Waals surface area contributed by atoms with Gasteiger partial charge in [0.25, 0.3) is 5.91 Å². The molecule has 1 fully saturated rings. The van der Waals surface area contributed by atoms with Crippen LogP contribution in [0.15, 0.2) is 23.2 Å². The van der Waals surface area contributed by atoms with E-state index in [9.17, 15) is 9.90 Å². The molecule has 154 valence electrons.